The van der Waals surface area contributed by atoms with Gasteiger partial charge in [-0.3, -0.25) is 4.68 Å². The minimum Gasteiger partial charge on any atom is -0.365 e. The Balaban J connectivity index is 1.77. The molecule has 3 rings (SSSR count). The van der Waals surface area contributed by atoms with Crippen LogP contribution in [0.2, 0.25) is 0 Å². The molecule has 0 aliphatic heterocycles. The fourth-order valence-electron chi connectivity index (χ4n) is 2.07. The highest BCUT2D eigenvalue weighted by molar-refractivity contribution is 5.85. The molecule has 0 aliphatic rings. The predicted molar refractivity (Wildman–Crippen MR) is 82.2 cm³/mol. The van der Waals surface area contributed by atoms with Crippen molar-refractivity contribution in [2.75, 3.05) is 24.3 Å². The number of anilines is 2. The largest absolute Gasteiger partial charge is 0.365 e. The van der Waals surface area contributed by atoms with Gasteiger partial charge < -0.3 is 10.2 Å². The Bertz CT molecular complexity index is 746. The molecule has 21 heavy (non-hydrogen) atoms. The summed E-state index contributed by atoms with van der Waals surface area (Å²) in [6, 6.07) is 4.05. The number of nitrogens with zero attached hydrogens (tertiary/aromatic N) is 6. The van der Waals surface area contributed by atoms with Gasteiger partial charge in [0.2, 0.25) is 0 Å². The van der Waals surface area contributed by atoms with Crippen molar-refractivity contribution < 1.29 is 0 Å². The van der Waals surface area contributed by atoms with Gasteiger partial charge in [-0.25, -0.2) is 15.0 Å². The summed E-state index contributed by atoms with van der Waals surface area (Å²) in [5.74, 6) is 1.72. The lowest BCUT2D eigenvalue weighted by Gasteiger charge is -2.11. The van der Waals surface area contributed by atoms with Crippen molar-refractivity contribution in [2.24, 2.45) is 7.05 Å². The van der Waals surface area contributed by atoms with E-state index < -0.39 is 0 Å². The standard InChI is InChI=1S/C14H17N7/c1-20(2)12-5-4-10(6-15-12)7-16-13-11-8-19-21(3)14(11)18-9-17-13/h4-6,8-9H,7H2,1-3H3,(H,16,17,18). The second-order valence-corrected chi connectivity index (χ2v) is 5.00. The molecule has 7 nitrogen and oxygen atoms in total. The Morgan fingerprint density at radius 2 is 2.00 bits per heavy atom. The molecule has 0 unspecified atom stereocenters. The summed E-state index contributed by atoms with van der Waals surface area (Å²) in [5, 5.41) is 8.42. The lowest BCUT2D eigenvalue weighted by Crippen LogP contribution is -2.10. The van der Waals surface area contributed by atoms with Crippen LogP contribution in [0.1, 0.15) is 5.56 Å². The van der Waals surface area contributed by atoms with E-state index >= 15 is 0 Å². The molecule has 0 fully saturated rings. The summed E-state index contributed by atoms with van der Waals surface area (Å²) in [6.45, 7) is 0.654. The molecule has 3 aromatic heterocycles. The van der Waals surface area contributed by atoms with Gasteiger partial charge in [-0.15, -0.1) is 0 Å². The molecule has 0 bridgehead atoms. The SMILES string of the molecule is CN(C)c1ccc(CNc2ncnc3c2cnn3C)cn1. The zero-order chi connectivity index (χ0) is 14.8. The van der Waals surface area contributed by atoms with Gasteiger partial charge in [-0.05, 0) is 11.6 Å². The van der Waals surface area contributed by atoms with E-state index in [1.54, 1.807) is 17.2 Å². The van der Waals surface area contributed by atoms with Gasteiger partial charge in [0.25, 0.3) is 0 Å². The molecule has 108 valence electrons. The van der Waals surface area contributed by atoms with Crippen LogP contribution in [-0.2, 0) is 13.6 Å². The van der Waals surface area contributed by atoms with Gasteiger partial charge in [0.05, 0.1) is 11.6 Å². The average Bonchev–Trinajstić information content (AvgIpc) is 2.88. The van der Waals surface area contributed by atoms with Crippen LogP contribution in [0.5, 0.6) is 0 Å². The van der Waals surface area contributed by atoms with E-state index in [4.69, 9.17) is 0 Å². The number of aryl methyl sites for hydroxylation is 1. The quantitative estimate of drug-likeness (QED) is 0.781. The van der Waals surface area contributed by atoms with E-state index in [2.05, 4.69) is 31.4 Å². The van der Waals surface area contributed by atoms with E-state index in [1.165, 1.54) is 0 Å². The molecule has 0 spiro atoms. The lowest BCUT2D eigenvalue weighted by molar-refractivity contribution is 0.785. The van der Waals surface area contributed by atoms with Crippen molar-refractivity contribution in [3.05, 3.63) is 36.4 Å². The molecule has 1 N–H and O–H groups in total. The van der Waals surface area contributed by atoms with E-state index in [0.29, 0.717) is 6.54 Å². The second kappa shape index (κ2) is 5.35. The number of fused-ring (bicyclic) bond motifs is 1. The third-order valence-corrected chi connectivity index (χ3v) is 3.26. The highest BCUT2D eigenvalue weighted by Crippen LogP contribution is 2.18. The summed E-state index contributed by atoms with van der Waals surface area (Å²) in [7, 11) is 5.81. The van der Waals surface area contributed by atoms with Crippen LogP contribution in [-0.4, -0.2) is 38.8 Å². The fraction of sp³-hybridized carbons (Fsp3) is 0.286. The minimum absolute atomic E-state index is 0.654. The number of pyridine rings is 1. The Morgan fingerprint density at radius 3 is 2.71 bits per heavy atom. The van der Waals surface area contributed by atoms with Gasteiger partial charge in [0, 0.05) is 33.9 Å². The summed E-state index contributed by atoms with van der Waals surface area (Å²) in [4.78, 5) is 14.9. The molecule has 0 aromatic carbocycles. The normalized spacial score (nSPS) is 10.8. The smallest absolute Gasteiger partial charge is 0.163 e. The molecule has 0 saturated heterocycles. The first-order valence-electron chi connectivity index (χ1n) is 6.64. The monoisotopic (exact) mass is 283 g/mol. The summed E-state index contributed by atoms with van der Waals surface area (Å²) in [5.41, 5.74) is 1.91. The predicted octanol–water partition coefficient (Wildman–Crippen LogP) is 1.44. The van der Waals surface area contributed by atoms with Crippen molar-refractivity contribution in [3.63, 3.8) is 0 Å². The highest BCUT2D eigenvalue weighted by atomic mass is 15.3. The summed E-state index contributed by atoms with van der Waals surface area (Å²) < 4.78 is 1.73. The summed E-state index contributed by atoms with van der Waals surface area (Å²) >= 11 is 0. The molecular formula is C14H17N7. The first-order chi connectivity index (χ1) is 10.1. The highest BCUT2D eigenvalue weighted by Gasteiger charge is 2.07. The number of nitrogens with one attached hydrogen (secondary N) is 1. The van der Waals surface area contributed by atoms with Crippen LogP contribution in [0, 0.1) is 0 Å². The van der Waals surface area contributed by atoms with Crippen molar-refractivity contribution in [1.82, 2.24) is 24.7 Å². The van der Waals surface area contributed by atoms with Gasteiger partial charge >= 0.3 is 0 Å². The maximum atomic E-state index is 4.39. The van der Waals surface area contributed by atoms with E-state index in [1.807, 2.05) is 38.3 Å². The first kappa shape index (κ1) is 13.3. The Kier molecular flexibility index (Phi) is 3.39. The molecule has 3 aromatic rings. The topological polar surface area (TPSA) is 71.8 Å². The molecule has 0 amide bonds. The van der Waals surface area contributed by atoms with Crippen molar-refractivity contribution in [2.45, 2.75) is 6.54 Å². The van der Waals surface area contributed by atoms with Gasteiger partial charge in [-0.2, -0.15) is 5.10 Å². The van der Waals surface area contributed by atoms with Gasteiger partial charge in [0.1, 0.15) is 18.0 Å². The van der Waals surface area contributed by atoms with Gasteiger partial charge in [-0.1, -0.05) is 6.07 Å². The van der Waals surface area contributed by atoms with E-state index in [9.17, 15) is 0 Å². The van der Waals surface area contributed by atoms with E-state index in [-0.39, 0.29) is 0 Å². The van der Waals surface area contributed by atoms with Crippen LogP contribution in [0.25, 0.3) is 11.0 Å². The fourth-order valence-corrected chi connectivity index (χ4v) is 2.07. The number of rotatable bonds is 4. The van der Waals surface area contributed by atoms with Crippen molar-refractivity contribution >= 4 is 22.7 Å². The average molecular weight is 283 g/mol. The Labute approximate surface area is 122 Å². The first-order valence-corrected chi connectivity index (χ1v) is 6.64. The third kappa shape index (κ3) is 2.62. The number of hydrogen-bond acceptors (Lipinski definition) is 6. The van der Waals surface area contributed by atoms with E-state index in [0.717, 1.165) is 28.2 Å². The molecular weight excluding hydrogens is 266 g/mol. The van der Waals surface area contributed by atoms with Crippen molar-refractivity contribution in [1.29, 1.82) is 0 Å². The molecule has 7 heteroatoms. The molecule has 3 heterocycles. The molecule has 0 atom stereocenters. The zero-order valence-electron chi connectivity index (χ0n) is 12.3. The summed E-state index contributed by atoms with van der Waals surface area (Å²) in [6.07, 6.45) is 5.18. The van der Waals surface area contributed by atoms with Gasteiger partial charge in [0.15, 0.2) is 5.65 Å². The Hall–Kier alpha value is -2.70. The molecule has 0 saturated carbocycles. The van der Waals surface area contributed by atoms with Crippen LogP contribution >= 0.6 is 0 Å². The minimum atomic E-state index is 0.654. The van der Waals surface area contributed by atoms with Crippen LogP contribution in [0.15, 0.2) is 30.9 Å². The third-order valence-electron chi connectivity index (χ3n) is 3.26. The Morgan fingerprint density at radius 1 is 1.14 bits per heavy atom. The lowest BCUT2D eigenvalue weighted by atomic mass is 10.2. The van der Waals surface area contributed by atoms with Crippen molar-refractivity contribution in [3.8, 4) is 0 Å². The number of aromatic nitrogens is 5. The van der Waals surface area contributed by atoms with Crippen LogP contribution in [0.3, 0.4) is 0 Å². The zero-order valence-corrected chi connectivity index (χ0v) is 12.3. The maximum Gasteiger partial charge on any atom is 0.163 e. The molecule has 0 radical (unpaired) electrons. The van der Waals surface area contributed by atoms with Crippen LogP contribution < -0.4 is 10.2 Å². The molecule has 0 aliphatic carbocycles. The maximum absolute atomic E-state index is 4.39. The second-order valence-electron chi connectivity index (χ2n) is 5.00. The number of hydrogen-bond donors (Lipinski definition) is 1. The van der Waals surface area contributed by atoms with Crippen LogP contribution in [0.4, 0.5) is 11.6 Å².